The van der Waals surface area contributed by atoms with Gasteiger partial charge in [0.1, 0.15) is 23.4 Å². The molecular weight excluding hydrogens is 608 g/mol. The summed E-state index contributed by atoms with van der Waals surface area (Å²) in [6.07, 6.45) is 14.5. The van der Waals surface area contributed by atoms with Crippen LogP contribution in [-0.4, -0.2) is 30.0 Å². The lowest BCUT2D eigenvalue weighted by molar-refractivity contribution is -0.156. The Labute approximate surface area is 286 Å². The van der Waals surface area contributed by atoms with E-state index in [-0.39, 0.29) is 30.9 Å². The highest BCUT2D eigenvalue weighted by molar-refractivity contribution is 5.91. The molecule has 0 radical (unpaired) electrons. The summed E-state index contributed by atoms with van der Waals surface area (Å²) in [6.45, 7) is 10.3. The summed E-state index contributed by atoms with van der Waals surface area (Å²) in [5.74, 6) is 1.01. The summed E-state index contributed by atoms with van der Waals surface area (Å²) in [4.78, 5) is 49.6. The van der Waals surface area contributed by atoms with Crippen molar-refractivity contribution in [3.05, 3.63) is 66.7 Å². The average molecular weight is 663 g/mol. The maximum absolute atomic E-state index is 12.6. The zero-order valence-corrected chi connectivity index (χ0v) is 29.1. The minimum atomic E-state index is -0.568. The Bertz CT molecular complexity index is 1300. The Morgan fingerprint density at radius 3 is 1.73 bits per heavy atom. The predicted molar refractivity (Wildman–Crippen MR) is 186 cm³/mol. The van der Waals surface area contributed by atoms with Gasteiger partial charge in [-0.25, -0.2) is 4.79 Å². The van der Waals surface area contributed by atoms with E-state index in [4.69, 9.17) is 18.9 Å². The van der Waals surface area contributed by atoms with Crippen LogP contribution in [0, 0.1) is 17.8 Å². The zero-order valence-electron chi connectivity index (χ0n) is 29.1. The lowest BCUT2D eigenvalue weighted by atomic mass is 9.75. The number of unbranched alkanes of at least 4 members (excludes halogenated alkanes) is 7. The second-order valence-corrected chi connectivity index (χ2v) is 13.3. The van der Waals surface area contributed by atoms with E-state index in [1.54, 1.807) is 48.5 Å². The summed E-state index contributed by atoms with van der Waals surface area (Å²) >= 11 is 0. The number of esters is 4. The molecule has 3 atom stereocenters. The molecule has 3 unspecified atom stereocenters. The van der Waals surface area contributed by atoms with Crippen LogP contribution in [0.3, 0.4) is 0 Å². The first kappa shape index (κ1) is 38.5. The van der Waals surface area contributed by atoms with Crippen LogP contribution in [0.5, 0.6) is 17.2 Å². The fourth-order valence-electron chi connectivity index (χ4n) is 6.05. The molecule has 0 saturated heterocycles. The largest absolute Gasteiger partial charge is 0.462 e. The Morgan fingerprint density at radius 2 is 1.17 bits per heavy atom. The summed E-state index contributed by atoms with van der Waals surface area (Å²) in [6, 6.07) is 12.4. The molecule has 3 rings (SSSR count). The van der Waals surface area contributed by atoms with Crippen molar-refractivity contribution in [2.24, 2.45) is 17.8 Å². The number of allylic oxidation sites excluding steroid dienone is 1. The van der Waals surface area contributed by atoms with Gasteiger partial charge in [0.05, 0.1) is 5.56 Å². The Hall–Kier alpha value is -3.94. The molecule has 2 aromatic rings. The highest BCUT2D eigenvalue weighted by Crippen LogP contribution is 2.35. The van der Waals surface area contributed by atoms with E-state index in [1.165, 1.54) is 25.7 Å². The molecule has 0 heterocycles. The molecule has 0 spiro atoms. The number of ether oxygens (including phenoxy) is 4. The molecular formula is C40H54O8. The van der Waals surface area contributed by atoms with E-state index < -0.39 is 11.9 Å². The van der Waals surface area contributed by atoms with Crippen molar-refractivity contribution in [2.45, 2.75) is 123 Å². The van der Waals surface area contributed by atoms with E-state index in [2.05, 4.69) is 27.4 Å². The molecule has 1 fully saturated rings. The molecule has 8 heteroatoms. The van der Waals surface area contributed by atoms with Gasteiger partial charge in [-0.05, 0) is 111 Å². The number of hydrogen-bond donors (Lipinski definition) is 0. The fraction of sp³-hybridized carbons (Fsp3) is 0.550. The Balaban J connectivity index is 1.31. The Kier molecular flexibility index (Phi) is 16.9. The highest BCUT2D eigenvalue weighted by atomic mass is 16.6. The van der Waals surface area contributed by atoms with E-state index in [9.17, 15) is 19.2 Å². The van der Waals surface area contributed by atoms with Gasteiger partial charge in [-0.3, -0.25) is 14.4 Å². The third-order valence-electron chi connectivity index (χ3n) is 8.88. The lowest BCUT2D eigenvalue weighted by Gasteiger charge is -2.36. The Morgan fingerprint density at radius 1 is 0.688 bits per heavy atom. The van der Waals surface area contributed by atoms with Crippen LogP contribution in [0.15, 0.2) is 61.2 Å². The SMILES string of the molecule is C=CCCCCCCCCC(=O)Oc1ccc(C(=O)Oc2ccc(OC(=O)CCCCC(=O)OC3CC(C)CCC3C(C)C)cc2)cc1. The van der Waals surface area contributed by atoms with Crippen LogP contribution in [-0.2, 0) is 19.1 Å². The van der Waals surface area contributed by atoms with Gasteiger partial charge in [0, 0.05) is 19.3 Å². The van der Waals surface area contributed by atoms with E-state index in [1.807, 2.05) is 6.08 Å². The predicted octanol–water partition coefficient (Wildman–Crippen LogP) is 9.59. The van der Waals surface area contributed by atoms with Crippen molar-refractivity contribution in [1.82, 2.24) is 0 Å². The zero-order chi connectivity index (χ0) is 34.7. The minimum Gasteiger partial charge on any atom is -0.462 e. The highest BCUT2D eigenvalue weighted by Gasteiger charge is 2.33. The number of carbonyl (C=O) groups excluding carboxylic acids is 4. The van der Waals surface area contributed by atoms with Gasteiger partial charge in [-0.1, -0.05) is 59.0 Å². The molecule has 48 heavy (non-hydrogen) atoms. The molecule has 0 amide bonds. The fourth-order valence-corrected chi connectivity index (χ4v) is 6.05. The number of hydrogen-bond acceptors (Lipinski definition) is 8. The molecule has 0 bridgehead atoms. The smallest absolute Gasteiger partial charge is 0.343 e. The van der Waals surface area contributed by atoms with E-state index >= 15 is 0 Å². The van der Waals surface area contributed by atoms with Crippen LogP contribution in [0.25, 0.3) is 0 Å². The third kappa shape index (κ3) is 14.4. The van der Waals surface area contributed by atoms with Gasteiger partial charge in [0.15, 0.2) is 0 Å². The van der Waals surface area contributed by atoms with Crippen molar-refractivity contribution in [3.8, 4) is 17.2 Å². The molecule has 0 aliphatic heterocycles. The normalized spacial score (nSPS) is 17.4. The van der Waals surface area contributed by atoms with Gasteiger partial charge in [0.25, 0.3) is 0 Å². The standard InChI is InChI=1S/C40H54O8/c1-5-6-7-8-9-10-11-12-15-37(41)45-32-21-19-31(20-22-32)40(44)47-34-25-23-33(24-26-34)46-38(42)16-13-14-17-39(43)48-36-28-30(4)18-27-35(36)29(2)3/h5,19-26,29-30,35-36H,1,6-18,27-28H2,2-4H3. The molecule has 1 aliphatic carbocycles. The number of rotatable bonds is 20. The monoisotopic (exact) mass is 662 g/mol. The quantitative estimate of drug-likeness (QED) is 0.0597. The number of carbonyl (C=O) groups is 4. The first-order chi connectivity index (χ1) is 23.1. The van der Waals surface area contributed by atoms with E-state index in [0.717, 1.165) is 38.5 Å². The lowest BCUT2D eigenvalue weighted by Crippen LogP contribution is -2.35. The summed E-state index contributed by atoms with van der Waals surface area (Å²) in [7, 11) is 0. The van der Waals surface area contributed by atoms with Crippen molar-refractivity contribution in [1.29, 1.82) is 0 Å². The maximum Gasteiger partial charge on any atom is 0.343 e. The third-order valence-corrected chi connectivity index (χ3v) is 8.88. The number of benzene rings is 2. The molecule has 1 aliphatic rings. The van der Waals surface area contributed by atoms with Crippen molar-refractivity contribution >= 4 is 23.9 Å². The van der Waals surface area contributed by atoms with Gasteiger partial charge in [-0.15, -0.1) is 6.58 Å². The van der Waals surface area contributed by atoms with Crippen molar-refractivity contribution in [2.75, 3.05) is 0 Å². The molecule has 2 aromatic carbocycles. The second kappa shape index (κ2) is 21.1. The van der Waals surface area contributed by atoms with Crippen LogP contribution in [0.4, 0.5) is 0 Å². The molecule has 1 saturated carbocycles. The van der Waals surface area contributed by atoms with Crippen LogP contribution < -0.4 is 14.2 Å². The summed E-state index contributed by atoms with van der Waals surface area (Å²) in [5, 5.41) is 0. The van der Waals surface area contributed by atoms with Gasteiger partial charge < -0.3 is 18.9 Å². The molecule has 8 nitrogen and oxygen atoms in total. The second-order valence-electron chi connectivity index (χ2n) is 13.3. The van der Waals surface area contributed by atoms with Crippen LogP contribution >= 0.6 is 0 Å². The molecule has 0 N–H and O–H groups in total. The van der Waals surface area contributed by atoms with Crippen molar-refractivity contribution < 1.29 is 38.1 Å². The van der Waals surface area contributed by atoms with Crippen LogP contribution in [0.1, 0.15) is 127 Å². The van der Waals surface area contributed by atoms with Crippen molar-refractivity contribution in [3.63, 3.8) is 0 Å². The first-order valence-corrected chi connectivity index (χ1v) is 17.8. The van der Waals surface area contributed by atoms with Crippen LogP contribution in [0.2, 0.25) is 0 Å². The van der Waals surface area contributed by atoms with Gasteiger partial charge >= 0.3 is 23.9 Å². The van der Waals surface area contributed by atoms with Gasteiger partial charge in [0.2, 0.25) is 0 Å². The summed E-state index contributed by atoms with van der Waals surface area (Å²) in [5.41, 5.74) is 0.304. The minimum absolute atomic E-state index is 0.0158. The first-order valence-electron chi connectivity index (χ1n) is 17.8. The topological polar surface area (TPSA) is 105 Å². The van der Waals surface area contributed by atoms with E-state index in [0.29, 0.717) is 59.8 Å². The molecule has 262 valence electrons. The maximum atomic E-state index is 12.6. The average Bonchev–Trinajstić information content (AvgIpc) is 3.05. The summed E-state index contributed by atoms with van der Waals surface area (Å²) < 4.78 is 22.1. The molecule has 0 aromatic heterocycles. The van der Waals surface area contributed by atoms with Gasteiger partial charge in [-0.2, -0.15) is 0 Å².